The van der Waals surface area contributed by atoms with Crippen molar-refractivity contribution in [1.29, 1.82) is 0 Å². The van der Waals surface area contributed by atoms with Crippen molar-refractivity contribution in [3.63, 3.8) is 0 Å². The highest BCUT2D eigenvalue weighted by Crippen LogP contribution is 2.62. The van der Waals surface area contributed by atoms with Gasteiger partial charge in [-0.2, -0.15) is 0 Å². The fourth-order valence-corrected chi connectivity index (χ4v) is 9.23. The van der Waals surface area contributed by atoms with E-state index < -0.39 is 23.8 Å². The molecule has 1 heterocycles. The summed E-state index contributed by atoms with van der Waals surface area (Å²) in [5.41, 5.74) is 3.81. The molecule has 6 rings (SSSR count). The molecule has 1 amide bonds. The zero-order valence-corrected chi connectivity index (χ0v) is 36.3. The normalized spacial score (nSPS) is 23.5. The van der Waals surface area contributed by atoms with E-state index in [1.165, 1.54) is 0 Å². The van der Waals surface area contributed by atoms with E-state index in [4.69, 9.17) is 28.9 Å². The van der Waals surface area contributed by atoms with Gasteiger partial charge in [-0.15, -0.1) is 6.58 Å². The van der Waals surface area contributed by atoms with Gasteiger partial charge in [0.05, 0.1) is 24.8 Å². The third-order valence-electron chi connectivity index (χ3n) is 11.8. The minimum absolute atomic E-state index is 0.0414. The van der Waals surface area contributed by atoms with Crippen LogP contribution in [-0.2, 0) is 20.9 Å². The van der Waals surface area contributed by atoms with Crippen LogP contribution in [-0.4, -0.2) is 78.0 Å². The Hall–Kier alpha value is -4.97. The van der Waals surface area contributed by atoms with Crippen LogP contribution in [0.1, 0.15) is 106 Å². The second-order valence-corrected chi connectivity index (χ2v) is 17.6. The van der Waals surface area contributed by atoms with Crippen molar-refractivity contribution in [2.45, 2.75) is 103 Å². The lowest BCUT2D eigenvalue weighted by Crippen LogP contribution is -2.70. The van der Waals surface area contributed by atoms with Crippen LogP contribution in [0.3, 0.4) is 0 Å². The van der Waals surface area contributed by atoms with E-state index >= 15 is 0 Å². The molecule has 0 radical (unpaired) electrons. The Kier molecular flexibility index (Phi) is 15.8. The molecule has 0 aromatic heterocycles. The predicted octanol–water partition coefficient (Wildman–Crippen LogP) is 10.0. The van der Waals surface area contributed by atoms with Crippen LogP contribution in [0, 0.1) is 23.2 Å². The average molecular weight is 837 g/mol. The lowest BCUT2D eigenvalue weighted by Gasteiger charge is -2.60. The zero-order chi connectivity index (χ0) is 43.4. The van der Waals surface area contributed by atoms with Crippen LogP contribution >= 0.6 is 0 Å². The van der Waals surface area contributed by atoms with Crippen LogP contribution < -0.4 is 9.47 Å². The molecule has 3 aromatic carbocycles. The van der Waals surface area contributed by atoms with Crippen molar-refractivity contribution >= 4 is 18.1 Å². The van der Waals surface area contributed by atoms with Crippen LogP contribution in [0.25, 0.3) is 0 Å². The first kappa shape index (κ1) is 45.6. The van der Waals surface area contributed by atoms with Crippen molar-refractivity contribution in [2.24, 2.45) is 28.3 Å². The number of ether oxygens (including phenoxy) is 4. The molecule has 0 spiro atoms. The molecule has 1 saturated carbocycles. The summed E-state index contributed by atoms with van der Waals surface area (Å²) in [5, 5.41) is 24.8. The molecule has 0 bridgehead atoms. The maximum atomic E-state index is 14.5. The molecular weight excluding hydrogens is 773 g/mol. The Morgan fingerprint density at radius 2 is 1.74 bits per heavy atom. The lowest BCUT2D eigenvalue weighted by molar-refractivity contribution is -0.255. The Morgan fingerprint density at radius 1 is 0.984 bits per heavy atom. The average Bonchev–Trinajstić information content (AvgIpc) is 3.25. The number of nitrogens with zero attached hydrogens (tertiary/aromatic N) is 2. The van der Waals surface area contributed by atoms with E-state index in [2.05, 4.69) is 12.7 Å². The number of aliphatic hydroxyl groups excluding tert-OH is 2. The monoisotopic (exact) mass is 836 g/mol. The molecule has 3 aromatic rings. The number of unbranched alkanes of at least 4 members (excludes halogenated alkanes) is 2. The molecule has 0 unspecified atom stereocenters. The van der Waals surface area contributed by atoms with E-state index in [1.54, 1.807) is 29.2 Å². The summed E-state index contributed by atoms with van der Waals surface area (Å²) in [6, 6.07) is 22.1. The third-order valence-corrected chi connectivity index (χ3v) is 11.8. The van der Waals surface area contributed by atoms with Gasteiger partial charge >= 0.3 is 6.09 Å². The summed E-state index contributed by atoms with van der Waals surface area (Å²) in [4.78, 5) is 34.1. The van der Waals surface area contributed by atoms with E-state index in [1.807, 2.05) is 82.3 Å². The topological polar surface area (TPSA) is 136 Å². The maximum absolute atomic E-state index is 14.5. The minimum Gasteiger partial charge on any atom is -0.459 e. The number of aldehydes is 1. The number of amides is 1. The highest BCUT2D eigenvalue weighted by atomic mass is 16.7. The van der Waals surface area contributed by atoms with Crippen molar-refractivity contribution in [3.8, 4) is 17.2 Å². The molecule has 11 heteroatoms. The first-order valence-corrected chi connectivity index (χ1v) is 22.0. The van der Waals surface area contributed by atoms with Crippen LogP contribution in [0.15, 0.2) is 102 Å². The quantitative estimate of drug-likeness (QED) is 0.0465. The van der Waals surface area contributed by atoms with Gasteiger partial charge in [-0.3, -0.25) is 9.69 Å². The molecule has 328 valence electrons. The van der Waals surface area contributed by atoms with Gasteiger partial charge in [0.1, 0.15) is 36.2 Å². The summed E-state index contributed by atoms with van der Waals surface area (Å²) in [7, 11) is 0. The number of oxime groups is 1. The van der Waals surface area contributed by atoms with Crippen LogP contribution in [0.2, 0.25) is 0 Å². The van der Waals surface area contributed by atoms with Gasteiger partial charge in [0.15, 0.2) is 0 Å². The number of hydrogen-bond donors (Lipinski definition) is 2. The second-order valence-electron chi connectivity index (χ2n) is 17.6. The summed E-state index contributed by atoms with van der Waals surface area (Å²) in [6.07, 6.45) is 9.87. The predicted molar refractivity (Wildman–Crippen MR) is 236 cm³/mol. The Labute approximate surface area is 361 Å². The highest BCUT2D eigenvalue weighted by molar-refractivity contribution is 6.03. The fraction of sp³-hybridized carbons (Fsp3) is 0.500. The minimum atomic E-state index is -1.40. The number of fused-ring (bicyclic) bond motifs is 2. The van der Waals surface area contributed by atoms with Gasteiger partial charge in [0, 0.05) is 43.2 Å². The van der Waals surface area contributed by atoms with Crippen LogP contribution in [0.4, 0.5) is 4.79 Å². The smallest absolute Gasteiger partial charge is 0.410 e. The highest BCUT2D eigenvalue weighted by Gasteiger charge is 2.65. The molecule has 1 aliphatic heterocycles. The molecule has 2 aliphatic carbocycles. The number of hydrogen-bond acceptors (Lipinski definition) is 10. The van der Waals surface area contributed by atoms with Gasteiger partial charge in [-0.1, -0.05) is 100 Å². The number of aliphatic hydroxyl groups is 2. The Bertz CT molecular complexity index is 1990. The molecule has 3 aliphatic rings. The number of carbonyl (C=O) groups is 2. The second kappa shape index (κ2) is 21.2. The molecule has 11 nitrogen and oxygen atoms in total. The lowest BCUT2D eigenvalue weighted by atomic mass is 9.55. The summed E-state index contributed by atoms with van der Waals surface area (Å²) in [5.74, 6) is -0.274. The van der Waals surface area contributed by atoms with Gasteiger partial charge in [0.25, 0.3) is 0 Å². The van der Waals surface area contributed by atoms with Gasteiger partial charge < -0.3 is 34.0 Å². The summed E-state index contributed by atoms with van der Waals surface area (Å²) in [6.45, 7) is 13.4. The molecule has 2 N–H and O–H groups in total. The third kappa shape index (κ3) is 10.9. The number of rotatable bonds is 21. The number of benzene rings is 3. The molecule has 61 heavy (non-hydrogen) atoms. The summed E-state index contributed by atoms with van der Waals surface area (Å²) < 4.78 is 26.9. The van der Waals surface area contributed by atoms with Gasteiger partial charge in [-0.05, 0) is 90.8 Å². The SMILES string of the molecule is C=CCO[C@@]12Oc3ccc(Oc4cccc(C=O)c4)cc3[C@H]3[C@H](CCCCO)[C@@H](CCCCO)C=C(C(=NOCc4ccccc4)C[C@@H]1N(CCC)C(=O)OCC(C)(C)C)[C@H]32. The Balaban J connectivity index is 1.58. The standard InChI is InChI=1S/C50H64N2O9/c1-6-24-52(48(56)57-34-49(3,4)5)45-31-43(51-59-33-35-16-9-8-10-17-35)41-29-37(19-11-13-25-53)40(21-12-14-26-54)46-42-30-39(60-38-20-15-18-36(28-38)32-55)22-23-44(42)61-50(45,47(41)46)58-27-7-2/h7-10,15-18,20,22-23,28-30,32,37,40,45-47,53-54H,2,6,11-14,19,21,24-27,31,33-34H2,1,3-5H3/t37-,40+,45-,46+,47+,50+/m0/s1. The van der Waals surface area contributed by atoms with E-state index in [9.17, 15) is 19.8 Å². The maximum Gasteiger partial charge on any atom is 0.410 e. The van der Waals surface area contributed by atoms with Gasteiger partial charge in [0.2, 0.25) is 5.79 Å². The summed E-state index contributed by atoms with van der Waals surface area (Å²) >= 11 is 0. The first-order valence-electron chi connectivity index (χ1n) is 22.0. The van der Waals surface area contributed by atoms with Crippen molar-refractivity contribution in [2.75, 3.05) is 33.0 Å². The van der Waals surface area contributed by atoms with E-state index in [0.717, 1.165) is 48.7 Å². The van der Waals surface area contributed by atoms with Crippen LogP contribution in [0.5, 0.6) is 17.2 Å². The molecule has 6 atom stereocenters. The fourth-order valence-electron chi connectivity index (χ4n) is 9.23. The number of carbonyl (C=O) groups excluding carboxylic acids is 2. The van der Waals surface area contributed by atoms with Crippen molar-refractivity contribution in [1.82, 2.24) is 4.90 Å². The first-order chi connectivity index (χ1) is 29.5. The van der Waals surface area contributed by atoms with E-state index in [-0.39, 0.29) is 62.6 Å². The Morgan fingerprint density at radius 3 is 2.44 bits per heavy atom. The molecule has 1 fully saturated rings. The van der Waals surface area contributed by atoms with Crippen molar-refractivity contribution < 1.29 is 43.6 Å². The van der Waals surface area contributed by atoms with Crippen molar-refractivity contribution in [3.05, 3.63) is 114 Å². The van der Waals surface area contributed by atoms with Gasteiger partial charge in [-0.25, -0.2) is 4.79 Å². The zero-order valence-electron chi connectivity index (χ0n) is 36.3. The van der Waals surface area contributed by atoms with E-state index in [0.29, 0.717) is 54.3 Å². The largest absolute Gasteiger partial charge is 0.459 e. The number of allylic oxidation sites excluding steroid dienone is 1. The molecular formula is C50H64N2O9. The molecule has 0 saturated heterocycles.